The lowest BCUT2D eigenvalue weighted by molar-refractivity contribution is 0.260. The molecule has 0 bridgehead atoms. The van der Waals surface area contributed by atoms with E-state index >= 15 is 0 Å². The number of rotatable bonds is 6. The zero-order valence-electron chi connectivity index (χ0n) is 23.5. The van der Waals surface area contributed by atoms with E-state index < -0.39 is 0 Å². The van der Waals surface area contributed by atoms with Crippen molar-refractivity contribution in [3.05, 3.63) is 163 Å². The van der Waals surface area contributed by atoms with E-state index in [0.29, 0.717) is 11.3 Å². The summed E-state index contributed by atoms with van der Waals surface area (Å²) in [5.41, 5.74) is 9.14. The normalized spacial score (nSPS) is 21.5. The molecule has 4 unspecified atom stereocenters. The predicted octanol–water partition coefficient (Wildman–Crippen LogP) is 9.52. The van der Waals surface area contributed by atoms with Crippen LogP contribution in [0.4, 0.5) is 22.7 Å². The van der Waals surface area contributed by atoms with E-state index in [1.807, 2.05) is 30.0 Å². The van der Waals surface area contributed by atoms with Gasteiger partial charge in [-0.3, -0.25) is 5.32 Å². The maximum atomic E-state index is 6.17. The van der Waals surface area contributed by atoms with Crippen molar-refractivity contribution in [1.82, 2.24) is 5.32 Å². The molecule has 0 amide bonds. The number of para-hydroxylation sites is 2. The van der Waals surface area contributed by atoms with Gasteiger partial charge in [0.15, 0.2) is 6.23 Å². The zero-order valence-corrected chi connectivity index (χ0v) is 24.3. The molecule has 3 aliphatic rings. The van der Waals surface area contributed by atoms with Gasteiger partial charge in [0.1, 0.15) is 5.75 Å². The number of hydrogen-bond acceptors (Lipinski definition) is 5. The van der Waals surface area contributed by atoms with Gasteiger partial charge in [0.05, 0.1) is 11.1 Å². The van der Waals surface area contributed by atoms with Gasteiger partial charge in [-0.15, -0.1) is 11.8 Å². The minimum Gasteiger partial charge on any atom is -0.464 e. The van der Waals surface area contributed by atoms with Gasteiger partial charge in [-0.2, -0.15) is 0 Å². The number of thioether (sulfide) groups is 1. The van der Waals surface area contributed by atoms with Gasteiger partial charge in [0.25, 0.3) is 0 Å². The van der Waals surface area contributed by atoms with Gasteiger partial charge in [-0.05, 0) is 65.2 Å². The Labute approximate surface area is 256 Å². The maximum Gasteiger partial charge on any atom is 0.196 e. The number of fused-ring (bicyclic) bond motifs is 2. The Hall–Kier alpha value is -4.71. The third-order valence-electron chi connectivity index (χ3n) is 8.28. The summed E-state index contributed by atoms with van der Waals surface area (Å²) in [6.07, 6.45) is 8.66. The van der Waals surface area contributed by atoms with E-state index in [1.54, 1.807) is 0 Å². The highest BCUT2D eigenvalue weighted by Gasteiger charge is 2.33. The van der Waals surface area contributed by atoms with Crippen LogP contribution in [0.3, 0.4) is 0 Å². The molecule has 210 valence electrons. The molecule has 8 rings (SSSR count). The van der Waals surface area contributed by atoms with Crippen molar-refractivity contribution >= 4 is 34.5 Å². The summed E-state index contributed by atoms with van der Waals surface area (Å²) in [7, 11) is 0. The molecule has 5 aromatic rings. The van der Waals surface area contributed by atoms with Crippen molar-refractivity contribution in [3.63, 3.8) is 0 Å². The maximum absolute atomic E-state index is 6.17. The molecule has 0 saturated carbocycles. The van der Waals surface area contributed by atoms with Gasteiger partial charge in [0, 0.05) is 33.9 Å². The SMILES string of the molecule is C1=CC2NC(c3ccc(N(c4ccc(-c5ccccc5)cc4)c4ccc(C5Nc6ccccc6O5)cc4)cc3)SC2C=C1. The van der Waals surface area contributed by atoms with Crippen molar-refractivity contribution in [2.24, 2.45) is 0 Å². The Morgan fingerprint density at radius 3 is 1.88 bits per heavy atom. The van der Waals surface area contributed by atoms with Crippen molar-refractivity contribution in [2.45, 2.75) is 22.9 Å². The predicted molar refractivity (Wildman–Crippen MR) is 179 cm³/mol. The van der Waals surface area contributed by atoms with E-state index in [1.165, 1.54) is 16.7 Å². The van der Waals surface area contributed by atoms with Crippen molar-refractivity contribution in [2.75, 3.05) is 10.2 Å². The van der Waals surface area contributed by atoms with Crippen molar-refractivity contribution in [3.8, 4) is 16.9 Å². The van der Waals surface area contributed by atoms with Crippen LogP contribution in [-0.4, -0.2) is 11.3 Å². The first-order valence-corrected chi connectivity index (χ1v) is 15.7. The molecule has 2 N–H and O–H groups in total. The number of nitrogens with zero attached hydrogens (tertiary/aromatic N) is 1. The lowest BCUT2D eigenvalue weighted by Gasteiger charge is -2.26. The largest absolute Gasteiger partial charge is 0.464 e. The second-order valence-electron chi connectivity index (χ2n) is 11.0. The van der Waals surface area contributed by atoms with Crippen LogP contribution in [0.25, 0.3) is 11.1 Å². The Morgan fingerprint density at radius 2 is 1.19 bits per heavy atom. The molecule has 0 spiro atoms. The molecule has 1 fully saturated rings. The first-order chi connectivity index (χ1) is 21.3. The van der Waals surface area contributed by atoms with Crippen LogP contribution in [0.1, 0.15) is 22.7 Å². The third kappa shape index (κ3) is 5.11. The second-order valence-corrected chi connectivity index (χ2v) is 12.3. The van der Waals surface area contributed by atoms with E-state index in [0.717, 1.165) is 34.1 Å². The highest BCUT2D eigenvalue weighted by Crippen LogP contribution is 2.43. The minimum absolute atomic E-state index is 0.200. The van der Waals surface area contributed by atoms with Gasteiger partial charge in [-0.1, -0.05) is 103 Å². The lowest BCUT2D eigenvalue weighted by Crippen LogP contribution is -2.28. The standard InChI is InChI=1S/C38H31N3OS/c1-2-8-26(9-3-1)27-14-20-30(21-15-27)41(31-22-16-28(17-23-31)37-39-33-10-4-6-12-35(33)42-37)32-24-18-29(19-25-32)38-40-34-11-5-7-13-36(34)43-38/h1-25,34,36-40H. The van der Waals surface area contributed by atoms with Gasteiger partial charge in [0.2, 0.25) is 0 Å². The summed E-state index contributed by atoms with van der Waals surface area (Å²) in [4.78, 5) is 2.32. The first-order valence-electron chi connectivity index (χ1n) is 14.7. The Morgan fingerprint density at radius 1 is 0.581 bits per heavy atom. The molecule has 5 heteroatoms. The molecule has 1 saturated heterocycles. The summed E-state index contributed by atoms with van der Waals surface area (Å²) in [5.74, 6) is 0.887. The number of hydrogen-bond donors (Lipinski definition) is 2. The lowest BCUT2D eigenvalue weighted by atomic mass is 10.0. The summed E-state index contributed by atoms with van der Waals surface area (Å²) in [6.45, 7) is 0. The Balaban J connectivity index is 1.10. The van der Waals surface area contributed by atoms with Crippen LogP contribution in [0, 0.1) is 0 Å². The average Bonchev–Trinajstić information content (AvgIpc) is 3.71. The van der Waals surface area contributed by atoms with Gasteiger partial charge < -0.3 is 15.0 Å². The smallest absolute Gasteiger partial charge is 0.196 e. The molecular weight excluding hydrogens is 547 g/mol. The fourth-order valence-electron chi connectivity index (χ4n) is 6.03. The third-order valence-corrected chi connectivity index (χ3v) is 9.73. The number of nitrogens with one attached hydrogen (secondary N) is 2. The quantitative estimate of drug-likeness (QED) is 0.210. The van der Waals surface area contributed by atoms with Crippen molar-refractivity contribution < 1.29 is 4.74 Å². The monoisotopic (exact) mass is 577 g/mol. The zero-order chi connectivity index (χ0) is 28.6. The van der Waals surface area contributed by atoms with E-state index in [4.69, 9.17) is 4.74 Å². The van der Waals surface area contributed by atoms with E-state index in [-0.39, 0.29) is 11.6 Å². The fraction of sp³-hybridized carbons (Fsp3) is 0.105. The number of anilines is 4. The molecule has 4 atom stereocenters. The summed E-state index contributed by atoms with van der Waals surface area (Å²) in [6, 6.07) is 45.5. The van der Waals surface area contributed by atoms with Crippen LogP contribution in [0.15, 0.2) is 152 Å². The summed E-state index contributed by atoms with van der Waals surface area (Å²) >= 11 is 1.98. The number of ether oxygens (including phenoxy) is 1. The minimum atomic E-state index is -0.200. The molecular formula is C38H31N3OS. The molecule has 1 aliphatic carbocycles. The van der Waals surface area contributed by atoms with Crippen LogP contribution >= 0.6 is 11.8 Å². The molecule has 2 aliphatic heterocycles. The highest BCUT2D eigenvalue weighted by molar-refractivity contribution is 8.00. The van der Waals surface area contributed by atoms with E-state index in [2.05, 4.69) is 149 Å². The van der Waals surface area contributed by atoms with Crippen LogP contribution < -0.4 is 20.3 Å². The molecule has 0 aromatic heterocycles. The number of benzene rings is 5. The first kappa shape index (κ1) is 26.0. The molecule has 2 heterocycles. The summed E-state index contributed by atoms with van der Waals surface area (Å²) in [5, 5.41) is 8.02. The second kappa shape index (κ2) is 11.2. The number of allylic oxidation sites excluding steroid dienone is 2. The highest BCUT2D eigenvalue weighted by atomic mass is 32.2. The van der Waals surface area contributed by atoms with Crippen LogP contribution in [0.2, 0.25) is 0 Å². The molecule has 5 aromatic carbocycles. The average molecular weight is 578 g/mol. The van der Waals surface area contributed by atoms with Gasteiger partial charge >= 0.3 is 0 Å². The molecule has 0 radical (unpaired) electrons. The Bertz CT molecular complexity index is 1740. The van der Waals surface area contributed by atoms with Crippen LogP contribution in [0.5, 0.6) is 5.75 Å². The molecule has 4 nitrogen and oxygen atoms in total. The van der Waals surface area contributed by atoms with Gasteiger partial charge in [-0.25, -0.2) is 0 Å². The van der Waals surface area contributed by atoms with Crippen LogP contribution in [-0.2, 0) is 0 Å². The molecule has 43 heavy (non-hydrogen) atoms. The van der Waals surface area contributed by atoms with E-state index in [9.17, 15) is 0 Å². The Kier molecular flexibility index (Phi) is 6.75. The fourth-order valence-corrected chi connectivity index (χ4v) is 7.41. The summed E-state index contributed by atoms with van der Waals surface area (Å²) < 4.78 is 6.17. The topological polar surface area (TPSA) is 36.5 Å². The van der Waals surface area contributed by atoms with Crippen molar-refractivity contribution in [1.29, 1.82) is 0 Å².